The van der Waals surface area contributed by atoms with Crippen molar-refractivity contribution in [1.29, 1.82) is 0 Å². The van der Waals surface area contributed by atoms with Gasteiger partial charge in [-0.2, -0.15) is 13.2 Å². The van der Waals surface area contributed by atoms with Gasteiger partial charge in [-0.25, -0.2) is 0 Å². The number of carboxylic acid groups (broad SMARTS) is 1. The number of carboxylic acids is 1. The number of hydrogen-bond acceptors (Lipinski definition) is 2. The van der Waals surface area contributed by atoms with E-state index < -0.39 is 23.0 Å². The molecule has 0 amide bonds. The number of alkyl halides is 3. The minimum absolute atomic E-state index is 0. The highest BCUT2D eigenvalue weighted by atomic mass is 35.5. The molecule has 170 valence electrons. The Hall–Kier alpha value is -0.915. The Morgan fingerprint density at radius 1 is 1.13 bits per heavy atom. The number of rotatable bonds is 9. The molecule has 2 rings (SSSR count). The number of piperidine rings is 1. The van der Waals surface area contributed by atoms with Crippen LogP contribution in [0.1, 0.15) is 56.6 Å². The fourth-order valence-electron chi connectivity index (χ4n) is 3.77. The topological polar surface area (TPSA) is 40.5 Å². The minimum atomic E-state index is -4.30. The molecule has 1 unspecified atom stereocenters. The Morgan fingerprint density at radius 2 is 1.70 bits per heavy atom. The Labute approximate surface area is 191 Å². The fraction of sp³-hybridized carbons (Fsp3) is 0.667. The molecule has 1 aromatic carbocycles. The Morgan fingerprint density at radius 3 is 2.17 bits per heavy atom. The van der Waals surface area contributed by atoms with E-state index in [0.29, 0.717) is 25.3 Å². The van der Waals surface area contributed by atoms with Crippen molar-refractivity contribution in [3.63, 3.8) is 0 Å². The monoisotopic (exact) mass is 467 g/mol. The van der Waals surface area contributed by atoms with Crippen LogP contribution in [0.2, 0.25) is 5.31 Å². The SMILES string of the molecule is Cl.Cl.[B]C(CCCC)(CCN1CCC(Cc2ccc(C(F)(F)F)cc2)CC1)C(=O)O. The summed E-state index contributed by atoms with van der Waals surface area (Å²) in [6.07, 6.45) is 1.05. The molecule has 30 heavy (non-hydrogen) atoms. The van der Waals surface area contributed by atoms with Crippen LogP contribution in [0.3, 0.4) is 0 Å². The second-order valence-electron chi connectivity index (χ2n) is 8.00. The summed E-state index contributed by atoms with van der Waals surface area (Å²) in [6, 6.07) is 5.43. The molecule has 9 heteroatoms. The number of likely N-dealkylation sites (tertiary alicyclic amines) is 1. The predicted molar refractivity (Wildman–Crippen MR) is 119 cm³/mol. The van der Waals surface area contributed by atoms with Crippen molar-refractivity contribution in [2.45, 2.75) is 63.4 Å². The second kappa shape index (κ2) is 12.8. The number of nitrogens with zero attached hydrogens (tertiary/aromatic N) is 1. The van der Waals surface area contributed by atoms with Crippen molar-refractivity contribution < 1.29 is 23.1 Å². The third kappa shape index (κ3) is 8.68. The van der Waals surface area contributed by atoms with E-state index in [1.165, 1.54) is 0 Å². The van der Waals surface area contributed by atoms with Gasteiger partial charge in [0.1, 0.15) is 0 Å². The van der Waals surface area contributed by atoms with Gasteiger partial charge < -0.3 is 10.0 Å². The van der Waals surface area contributed by atoms with Gasteiger partial charge in [-0.3, -0.25) is 4.79 Å². The first kappa shape index (κ1) is 29.1. The molecule has 0 aliphatic carbocycles. The maximum Gasteiger partial charge on any atom is 0.416 e. The molecule has 1 heterocycles. The summed E-state index contributed by atoms with van der Waals surface area (Å²) in [5.74, 6) is -0.492. The molecule has 1 atom stereocenters. The first-order chi connectivity index (χ1) is 13.1. The molecule has 0 aromatic heterocycles. The van der Waals surface area contributed by atoms with Gasteiger partial charge in [0.05, 0.1) is 13.4 Å². The molecule has 3 nitrogen and oxygen atoms in total. The summed E-state index contributed by atoms with van der Waals surface area (Å²) in [6.45, 7) is 4.42. The molecule has 1 N–H and O–H groups in total. The summed E-state index contributed by atoms with van der Waals surface area (Å²) in [5.41, 5.74) is 0.315. The van der Waals surface area contributed by atoms with Gasteiger partial charge in [0.15, 0.2) is 0 Å². The first-order valence-corrected chi connectivity index (χ1v) is 10.0. The number of halogens is 5. The largest absolute Gasteiger partial charge is 0.481 e. The standard InChI is InChI=1S/C21H29BF3NO2.2ClH/c1-2-3-10-20(22,19(27)28)11-14-26-12-8-17(9-13-26)15-16-4-6-18(7-5-16)21(23,24)25;;/h4-7,17H,2-3,8-15H2,1H3,(H,27,28);2*1H. The fourth-order valence-corrected chi connectivity index (χ4v) is 3.77. The van der Waals surface area contributed by atoms with E-state index in [1.54, 1.807) is 12.1 Å². The van der Waals surface area contributed by atoms with Crippen molar-refractivity contribution in [3.8, 4) is 0 Å². The molecular weight excluding hydrogens is 437 g/mol. The van der Waals surface area contributed by atoms with Crippen LogP contribution in [-0.2, 0) is 17.4 Å². The highest BCUT2D eigenvalue weighted by Gasteiger charge is 2.33. The van der Waals surface area contributed by atoms with Crippen LogP contribution < -0.4 is 0 Å². The van der Waals surface area contributed by atoms with Crippen molar-refractivity contribution in [3.05, 3.63) is 35.4 Å². The van der Waals surface area contributed by atoms with E-state index in [9.17, 15) is 23.1 Å². The van der Waals surface area contributed by atoms with Gasteiger partial charge in [0.25, 0.3) is 0 Å². The van der Waals surface area contributed by atoms with Crippen molar-refractivity contribution in [1.82, 2.24) is 4.90 Å². The molecule has 0 spiro atoms. The maximum atomic E-state index is 12.6. The third-order valence-electron chi connectivity index (χ3n) is 5.79. The van der Waals surface area contributed by atoms with E-state index in [2.05, 4.69) is 4.90 Å². The van der Waals surface area contributed by atoms with Crippen LogP contribution in [-0.4, -0.2) is 43.5 Å². The van der Waals surface area contributed by atoms with Gasteiger partial charge in [-0.1, -0.05) is 31.9 Å². The summed E-state index contributed by atoms with van der Waals surface area (Å²) in [7, 11) is 6.11. The molecule has 2 radical (unpaired) electrons. The van der Waals surface area contributed by atoms with E-state index in [-0.39, 0.29) is 24.8 Å². The Balaban J connectivity index is 0.00000420. The Kier molecular flexibility index (Phi) is 12.4. The average Bonchev–Trinajstić information content (AvgIpc) is 2.65. The molecule has 0 saturated carbocycles. The molecular formula is C21H31BCl2F3NO2. The van der Waals surface area contributed by atoms with Crippen LogP contribution in [0.4, 0.5) is 13.2 Å². The van der Waals surface area contributed by atoms with Gasteiger partial charge in [0, 0.05) is 5.31 Å². The molecule has 1 fully saturated rings. The third-order valence-corrected chi connectivity index (χ3v) is 5.79. The van der Waals surface area contributed by atoms with Gasteiger partial charge in [-0.15, -0.1) is 24.8 Å². The lowest BCUT2D eigenvalue weighted by Gasteiger charge is -2.34. The van der Waals surface area contributed by atoms with Crippen molar-refractivity contribution in [2.24, 2.45) is 5.92 Å². The van der Waals surface area contributed by atoms with Crippen molar-refractivity contribution >= 4 is 38.6 Å². The summed E-state index contributed by atoms with van der Waals surface area (Å²) < 4.78 is 37.9. The van der Waals surface area contributed by atoms with Crippen molar-refractivity contribution in [2.75, 3.05) is 19.6 Å². The van der Waals surface area contributed by atoms with Crippen LogP contribution in [0.5, 0.6) is 0 Å². The Bertz CT molecular complexity index is 638. The molecule has 1 aromatic rings. The zero-order chi connectivity index (χ0) is 20.8. The zero-order valence-corrected chi connectivity index (χ0v) is 18.9. The van der Waals surface area contributed by atoms with Crippen LogP contribution in [0, 0.1) is 5.92 Å². The first-order valence-electron chi connectivity index (χ1n) is 10.0. The van der Waals surface area contributed by atoms with Crippen LogP contribution in [0.25, 0.3) is 0 Å². The number of unbranched alkanes of at least 4 members (excludes halogenated alkanes) is 1. The minimum Gasteiger partial charge on any atom is -0.481 e. The van der Waals surface area contributed by atoms with E-state index in [4.69, 9.17) is 7.85 Å². The van der Waals surface area contributed by atoms with Gasteiger partial charge >= 0.3 is 12.1 Å². The zero-order valence-electron chi connectivity index (χ0n) is 17.3. The summed E-state index contributed by atoms with van der Waals surface area (Å²) in [5, 5.41) is 8.29. The lowest BCUT2D eigenvalue weighted by molar-refractivity contribution is -0.141. The highest BCUT2D eigenvalue weighted by Crippen LogP contribution is 2.34. The average molecular weight is 468 g/mol. The van der Waals surface area contributed by atoms with Gasteiger partial charge in [0.2, 0.25) is 0 Å². The molecule has 1 saturated heterocycles. The number of carbonyl (C=O) groups is 1. The maximum absolute atomic E-state index is 12.6. The molecule has 1 aliphatic heterocycles. The van der Waals surface area contributed by atoms with Crippen LogP contribution in [0.15, 0.2) is 24.3 Å². The van der Waals surface area contributed by atoms with E-state index in [0.717, 1.165) is 62.9 Å². The predicted octanol–water partition coefficient (Wildman–Crippen LogP) is 5.80. The normalized spacial score (nSPS) is 17.5. The van der Waals surface area contributed by atoms with E-state index in [1.807, 2.05) is 6.92 Å². The van der Waals surface area contributed by atoms with Crippen LogP contribution >= 0.6 is 24.8 Å². The lowest BCUT2D eigenvalue weighted by Crippen LogP contribution is -2.37. The molecule has 0 bridgehead atoms. The smallest absolute Gasteiger partial charge is 0.416 e. The lowest BCUT2D eigenvalue weighted by atomic mass is 9.63. The number of hydrogen-bond donors (Lipinski definition) is 1. The number of benzene rings is 1. The highest BCUT2D eigenvalue weighted by molar-refractivity contribution is 6.26. The van der Waals surface area contributed by atoms with E-state index >= 15 is 0 Å². The quantitative estimate of drug-likeness (QED) is 0.467. The molecule has 1 aliphatic rings. The van der Waals surface area contributed by atoms with Gasteiger partial charge in [-0.05, 0) is 75.4 Å². The summed E-state index contributed by atoms with van der Waals surface area (Å²) >= 11 is 0. The number of aliphatic carboxylic acids is 1. The second-order valence-corrected chi connectivity index (χ2v) is 8.00. The summed E-state index contributed by atoms with van der Waals surface area (Å²) in [4.78, 5) is 13.8.